The molecule has 0 spiro atoms. The van der Waals surface area contributed by atoms with Crippen LogP contribution in [0.15, 0.2) is 24.4 Å². The van der Waals surface area contributed by atoms with Gasteiger partial charge in [-0.05, 0) is 12.1 Å². The molecular weight excluding hydrogens is 202 g/mol. The maximum Gasteiger partial charge on any atom is 0.212 e. The monoisotopic (exact) mass is 207 g/mol. The number of halogens is 1. The molecule has 0 atom stereocenters. The fourth-order valence-electron chi connectivity index (χ4n) is 1.13. The molecule has 0 unspecified atom stereocenters. The molecule has 0 aromatic carbocycles. The van der Waals surface area contributed by atoms with E-state index < -0.39 is 0 Å². The summed E-state index contributed by atoms with van der Waals surface area (Å²) in [7, 11) is 0. The zero-order chi connectivity index (χ0) is 9.97. The minimum atomic E-state index is 0.417. The van der Waals surface area contributed by atoms with Gasteiger partial charge >= 0.3 is 0 Å². The predicted octanol–water partition coefficient (Wildman–Crippen LogP) is 1.85. The van der Waals surface area contributed by atoms with Crippen molar-refractivity contribution in [1.82, 2.24) is 9.97 Å². The molecule has 2 heterocycles. The number of hydrogen-bond donors (Lipinski definition) is 1. The van der Waals surface area contributed by atoms with Crippen molar-refractivity contribution >= 4 is 34.7 Å². The number of carbonyl (C=O) groups excluding carboxylic acids is 1. The van der Waals surface area contributed by atoms with Gasteiger partial charge in [-0.1, -0.05) is 11.6 Å². The van der Waals surface area contributed by atoms with Gasteiger partial charge in [-0.2, -0.15) is 0 Å². The molecule has 2 aromatic rings. The lowest BCUT2D eigenvalue weighted by molar-refractivity contribution is -0.105. The number of amides is 1. The zero-order valence-corrected chi connectivity index (χ0v) is 7.82. The summed E-state index contributed by atoms with van der Waals surface area (Å²) in [6.07, 6.45) is 2.20. The fourth-order valence-corrected chi connectivity index (χ4v) is 1.28. The Kier molecular flexibility index (Phi) is 2.28. The van der Waals surface area contributed by atoms with Crippen LogP contribution >= 0.6 is 11.6 Å². The quantitative estimate of drug-likeness (QED) is 0.604. The summed E-state index contributed by atoms with van der Waals surface area (Å²) in [6.45, 7) is 0. The van der Waals surface area contributed by atoms with E-state index in [1.807, 2.05) is 6.07 Å². The second kappa shape index (κ2) is 3.59. The van der Waals surface area contributed by atoms with Crippen molar-refractivity contribution in [2.45, 2.75) is 0 Å². The van der Waals surface area contributed by atoms with Crippen LogP contribution in [0.5, 0.6) is 0 Å². The van der Waals surface area contributed by atoms with Gasteiger partial charge in [0.25, 0.3) is 0 Å². The van der Waals surface area contributed by atoms with Crippen molar-refractivity contribution < 1.29 is 4.79 Å². The molecule has 0 aliphatic heterocycles. The van der Waals surface area contributed by atoms with Crippen LogP contribution in [0.2, 0.25) is 5.15 Å². The van der Waals surface area contributed by atoms with Gasteiger partial charge in [0.1, 0.15) is 11.0 Å². The van der Waals surface area contributed by atoms with E-state index in [0.29, 0.717) is 22.9 Å². The predicted molar refractivity (Wildman–Crippen MR) is 54.2 cm³/mol. The molecule has 0 fully saturated rings. The number of anilines is 1. The van der Waals surface area contributed by atoms with Gasteiger partial charge in [0.15, 0.2) is 0 Å². The number of carbonyl (C=O) groups is 1. The molecule has 4 nitrogen and oxygen atoms in total. The fraction of sp³-hybridized carbons (Fsp3) is 0. The Morgan fingerprint density at radius 3 is 3.07 bits per heavy atom. The lowest BCUT2D eigenvalue weighted by Crippen LogP contribution is -1.96. The van der Waals surface area contributed by atoms with Gasteiger partial charge < -0.3 is 5.32 Å². The van der Waals surface area contributed by atoms with E-state index in [1.165, 1.54) is 0 Å². The van der Waals surface area contributed by atoms with E-state index in [9.17, 15) is 4.79 Å². The highest BCUT2D eigenvalue weighted by Crippen LogP contribution is 2.16. The first-order chi connectivity index (χ1) is 6.79. The lowest BCUT2D eigenvalue weighted by Gasteiger charge is -2.00. The summed E-state index contributed by atoms with van der Waals surface area (Å²) in [5.74, 6) is 0.460. The Morgan fingerprint density at radius 1 is 1.43 bits per heavy atom. The first-order valence-corrected chi connectivity index (χ1v) is 4.30. The summed E-state index contributed by atoms with van der Waals surface area (Å²) in [5.41, 5.74) is 0.705. The van der Waals surface area contributed by atoms with Crippen molar-refractivity contribution in [2.75, 3.05) is 5.32 Å². The van der Waals surface area contributed by atoms with Gasteiger partial charge in [0, 0.05) is 17.6 Å². The number of aromatic nitrogens is 2. The van der Waals surface area contributed by atoms with Gasteiger partial charge in [0.2, 0.25) is 6.41 Å². The Hall–Kier alpha value is -1.68. The van der Waals surface area contributed by atoms with E-state index in [1.54, 1.807) is 18.3 Å². The third-order valence-electron chi connectivity index (χ3n) is 1.75. The van der Waals surface area contributed by atoms with Crippen molar-refractivity contribution in [3.8, 4) is 0 Å². The Labute approximate surface area is 84.9 Å². The highest BCUT2D eigenvalue weighted by atomic mass is 35.5. The van der Waals surface area contributed by atoms with Crippen LogP contribution in [0.1, 0.15) is 0 Å². The maximum absolute atomic E-state index is 10.2. The molecular formula is C9H6ClN3O. The largest absolute Gasteiger partial charge is 0.313 e. The summed E-state index contributed by atoms with van der Waals surface area (Å²) in [6, 6.07) is 5.18. The van der Waals surface area contributed by atoms with Crippen LogP contribution in [-0.2, 0) is 4.79 Å². The Bertz CT molecular complexity index is 486. The molecule has 1 N–H and O–H groups in total. The topological polar surface area (TPSA) is 54.9 Å². The van der Waals surface area contributed by atoms with Crippen molar-refractivity contribution in [3.05, 3.63) is 29.5 Å². The summed E-state index contributed by atoms with van der Waals surface area (Å²) < 4.78 is 0. The van der Waals surface area contributed by atoms with Crippen molar-refractivity contribution in [1.29, 1.82) is 0 Å². The molecule has 0 saturated heterocycles. The van der Waals surface area contributed by atoms with Crippen LogP contribution in [-0.4, -0.2) is 16.4 Å². The number of hydrogen-bond acceptors (Lipinski definition) is 3. The Balaban J connectivity index is 2.57. The minimum absolute atomic E-state index is 0.417. The molecule has 70 valence electrons. The molecule has 0 saturated carbocycles. The molecule has 0 aliphatic carbocycles. The highest BCUT2D eigenvalue weighted by molar-refractivity contribution is 6.29. The van der Waals surface area contributed by atoms with Gasteiger partial charge in [-0.25, -0.2) is 9.97 Å². The van der Waals surface area contributed by atoms with Gasteiger partial charge in [-0.3, -0.25) is 4.79 Å². The number of pyridine rings is 2. The van der Waals surface area contributed by atoms with Crippen LogP contribution in [0, 0.1) is 0 Å². The lowest BCUT2D eigenvalue weighted by atomic mass is 10.3. The molecule has 2 rings (SSSR count). The standard InChI is InChI=1S/C9H6ClN3O/c10-8-2-1-6-4-11-9(12-5-14)3-7(6)13-8/h1-5H,(H,11,12,14). The number of fused-ring (bicyclic) bond motifs is 1. The van der Waals surface area contributed by atoms with E-state index in [-0.39, 0.29) is 0 Å². The van der Waals surface area contributed by atoms with E-state index in [4.69, 9.17) is 11.6 Å². The molecule has 5 heteroatoms. The van der Waals surface area contributed by atoms with E-state index in [2.05, 4.69) is 15.3 Å². The molecule has 14 heavy (non-hydrogen) atoms. The second-order valence-electron chi connectivity index (χ2n) is 2.66. The van der Waals surface area contributed by atoms with Gasteiger partial charge in [-0.15, -0.1) is 0 Å². The normalized spacial score (nSPS) is 10.1. The third kappa shape index (κ3) is 1.65. The average molecular weight is 208 g/mol. The van der Waals surface area contributed by atoms with Crippen LogP contribution in [0.25, 0.3) is 10.9 Å². The number of nitrogens with zero attached hydrogens (tertiary/aromatic N) is 2. The number of nitrogens with one attached hydrogen (secondary N) is 1. The third-order valence-corrected chi connectivity index (χ3v) is 1.96. The summed E-state index contributed by atoms with van der Waals surface area (Å²) >= 11 is 5.73. The summed E-state index contributed by atoms with van der Waals surface area (Å²) in [4.78, 5) is 18.3. The average Bonchev–Trinajstić information content (AvgIpc) is 2.17. The van der Waals surface area contributed by atoms with Crippen LogP contribution < -0.4 is 5.32 Å². The molecule has 0 aliphatic rings. The first-order valence-electron chi connectivity index (χ1n) is 3.92. The van der Waals surface area contributed by atoms with E-state index >= 15 is 0 Å². The van der Waals surface area contributed by atoms with Crippen LogP contribution in [0.3, 0.4) is 0 Å². The maximum atomic E-state index is 10.2. The minimum Gasteiger partial charge on any atom is -0.313 e. The van der Waals surface area contributed by atoms with Crippen LogP contribution in [0.4, 0.5) is 5.82 Å². The molecule has 0 bridgehead atoms. The van der Waals surface area contributed by atoms with Crippen molar-refractivity contribution in [2.24, 2.45) is 0 Å². The number of rotatable bonds is 2. The SMILES string of the molecule is O=CNc1cc2nc(Cl)ccc2cn1. The summed E-state index contributed by atoms with van der Waals surface area (Å²) in [5, 5.41) is 3.74. The van der Waals surface area contributed by atoms with Crippen molar-refractivity contribution in [3.63, 3.8) is 0 Å². The highest BCUT2D eigenvalue weighted by Gasteiger charge is 1.98. The molecule has 0 radical (unpaired) electrons. The zero-order valence-electron chi connectivity index (χ0n) is 7.07. The van der Waals surface area contributed by atoms with Gasteiger partial charge in [0.05, 0.1) is 5.52 Å². The smallest absolute Gasteiger partial charge is 0.212 e. The first kappa shape index (κ1) is 8.90. The van der Waals surface area contributed by atoms with E-state index in [0.717, 1.165) is 5.39 Å². The second-order valence-corrected chi connectivity index (χ2v) is 3.05. The molecule has 1 amide bonds. The molecule has 2 aromatic heterocycles. The Morgan fingerprint density at radius 2 is 2.29 bits per heavy atom.